The minimum absolute atomic E-state index is 0.290. The second kappa shape index (κ2) is 6.18. The lowest BCUT2D eigenvalue weighted by molar-refractivity contribution is 0.0826. The van der Waals surface area contributed by atoms with Gasteiger partial charge in [0, 0.05) is 5.02 Å². The molecule has 4 heteroatoms. The van der Waals surface area contributed by atoms with Crippen LogP contribution in [0.15, 0.2) is 30.0 Å². The zero-order valence-corrected chi connectivity index (χ0v) is 9.95. The average Bonchev–Trinajstić information content (AvgIpc) is 2.21. The third-order valence-corrected chi connectivity index (χ3v) is 2.11. The van der Waals surface area contributed by atoms with Crippen LogP contribution in [0.25, 0.3) is 6.08 Å². The third kappa shape index (κ3) is 3.95. The van der Waals surface area contributed by atoms with Crippen molar-refractivity contribution in [3.8, 4) is 0 Å². The minimum Gasteiger partial charge on any atom is -0.434 e. The zero-order valence-electron chi connectivity index (χ0n) is 9.20. The first-order chi connectivity index (χ1) is 7.63. The largest absolute Gasteiger partial charge is 0.513 e. The molecule has 0 aliphatic heterocycles. The van der Waals surface area contributed by atoms with E-state index in [0.717, 1.165) is 5.56 Å². The Balaban J connectivity index is 2.70. The number of ether oxygens (including phenoxy) is 2. The maximum Gasteiger partial charge on any atom is 0.513 e. The van der Waals surface area contributed by atoms with E-state index >= 15 is 0 Å². The van der Waals surface area contributed by atoms with Crippen molar-refractivity contribution in [3.63, 3.8) is 0 Å². The Morgan fingerprint density at radius 3 is 2.75 bits per heavy atom. The first-order valence-electron chi connectivity index (χ1n) is 4.91. The number of hydrogen-bond acceptors (Lipinski definition) is 3. The summed E-state index contributed by atoms with van der Waals surface area (Å²) in [5.74, 6) is 0.437. The highest BCUT2D eigenvalue weighted by molar-refractivity contribution is 6.32. The average molecular weight is 241 g/mol. The van der Waals surface area contributed by atoms with E-state index in [-0.39, 0.29) is 6.61 Å². The molecule has 0 N–H and O–H groups in total. The lowest BCUT2D eigenvalue weighted by Gasteiger charge is -2.04. The number of halogens is 1. The number of allylic oxidation sites excluding steroid dienone is 1. The number of benzene rings is 1. The van der Waals surface area contributed by atoms with E-state index in [0.29, 0.717) is 10.8 Å². The fourth-order valence-corrected chi connectivity index (χ4v) is 1.31. The van der Waals surface area contributed by atoms with Crippen LogP contribution in [-0.4, -0.2) is 12.8 Å². The van der Waals surface area contributed by atoms with E-state index in [9.17, 15) is 4.79 Å². The molecule has 0 radical (unpaired) electrons. The summed E-state index contributed by atoms with van der Waals surface area (Å²) in [6.45, 7) is 3.67. The van der Waals surface area contributed by atoms with Crippen molar-refractivity contribution >= 4 is 23.8 Å². The van der Waals surface area contributed by atoms with Crippen LogP contribution in [0, 0.1) is 0 Å². The van der Waals surface area contributed by atoms with Crippen molar-refractivity contribution in [2.45, 2.75) is 13.8 Å². The molecule has 0 fully saturated rings. The van der Waals surface area contributed by atoms with E-state index in [4.69, 9.17) is 16.3 Å². The van der Waals surface area contributed by atoms with Crippen LogP contribution < -0.4 is 0 Å². The fraction of sp³-hybridized carbons (Fsp3) is 0.250. The van der Waals surface area contributed by atoms with Crippen molar-refractivity contribution in [1.82, 2.24) is 0 Å². The molecule has 1 rings (SSSR count). The minimum atomic E-state index is -0.705. The Morgan fingerprint density at radius 2 is 2.12 bits per heavy atom. The molecule has 0 aromatic heterocycles. The normalized spacial score (nSPS) is 11.1. The van der Waals surface area contributed by atoms with Gasteiger partial charge in [0.2, 0.25) is 0 Å². The van der Waals surface area contributed by atoms with Crippen molar-refractivity contribution in [1.29, 1.82) is 0 Å². The molecule has 0 atom stereocenters. The van der Waals surface area contributed by atoms with Gasteiger partial charge in [-0.15, -0.1) is 0 Å². The fourth-order valence-electron chi connectivity index (χ4n) is 1.12. The van der Waals surface area contributed by atoms with Crippen LogP contribution >= 0.6 is 11.6 Å². The SMILES string of the molecule is CCOC(=O)O/C(C)=C/c1ccccc1Cl. The second-order valence-corrected chi connectivity index (χ2v) is 3.47. The Bertz CT molecular complexity index is 399. The predicted octanol–water partition coefficient (Wildman–Crippen LogP) is 3.87. The summed E-state index contributed by atoms with van der Waals surface area (Å²) in [4.78, 5) is 11.0. The summed E-state index contributed by atoms with van der Waals surface area (Å²) in [5, 5.41) is 0.606. The van der Waals surface area contributed by atoms with E-state index in [1.807, 2.05) is 18.2 Å². The van der Waals surface area contributed by atoms with Gasteiger partial charge in [-0.1, -0.05) is 29.8 Å². The summed E-state index contributed by atoms with van der Waals surface area (Å²) in [7, 11) is 0. The Kier molecular flexibility index (Phi) is 4.86. The highest BCUT2D eigenvalue weighted by Crippen LogP contribution is 2.18. The van der Waals surface area contributed by atoms with Gasteiger partial charge in [-0.25, -0.2) is 4.79 Å². The molecule has 86 valence electrons. The van der Waals surface area contributed by atoms with Crippen LogP contribution in [0.1, 0.15) is 19.4 Å². The smallest absolute Gasteiger partial charge is 0.434 e. The Labute approximate surface area is 99.6 Å². The van der Waals surface area contributed by atoms with Crippen LogP contribution in [0.4, 0.5) is 4.79 Å². The number of hydrogen-bond donors (Lipinski definition) is 0. The zero-order chi connectivity index (χ0) is 12.0. The molecule has 0 bridgehead atoms. The molecule has 0 aliphatic carbocycles. The molecule has 1 aromatic rings. The van der Waals surface area contributed by atoms with Gasteiger partial charge in [0.25, 0.3) is 0 Å². The van der Waals surface area contributed by atoms with Gasteiger partial charge >= 0.3 is 6.16 Å². The molecule has 0 saturated heterocycles. The van der Waals surface area contributed by atoms with Gasteiger partial charge in [0.1, 0.15) is 5.76 Å². The third-order valence-electron chi connectivity index (χ3n) is 1.77. The Hall–Kier alpha value is -1.48. The van der Waals surface area contributed by atoms with Crippen LogP contribution in [0.2, 0.25) is 5.02 Å². The standard InChI is InChI=1S/C12H13ClO3/c1-3-15-12(14)16-9(2)8-10-6-4-5-7-11(10)13/h4-8H,3H2,1-2H3/b9-8+. The summed E-state index contributed by atoms with van der Waals surface area (Å²) >= 11 is 5.95. The van der Waals surface area contributed by atoms with E-state index < -0.39 is 6.16 Å². The number of carbonyl (C=O) groups excluding carboxylic acids is 1. The molecular formula is C12H13ClO3. The molecule has 0 aliphatic rings. The van der Waals surface area contributed by atoms with Crippen LogP contribution in [0.3, 0.4) is 0 Å². The van der Waals surface area contributed by atoms with Crippen molar-refractivity contribution < 1.29 is 14.3 Å². The monoisotopic (exact) mass is 240 g/mol. The van der Waals surface area contributed by atoms with Gasteiger partial charge in [-0.2, -0.15) is 0 Å². The maximum absolute atomic E-state index is 11.0. The molecule has 3 nitrogen and oxygen atoms in total. The quantitative estimate of drug-likeness (QED) is 0.594. The van der Waals surface area contributed by atoms with Gasteiger partial charge in [-0.05, 0) is 31.6 Å². The molecule has 16 heavy (non-hydrogen) atoms. The van der Waals surface area contributed by atoms with Gasteiger partial charge in [0.15, 0.2) is 0 Å². The van der Waals surface area contributed by atoms with Crippen LogP contribution in [0.5, 0.6) is 0 Å². The van der Waals surface area contributed by atoms with Crippen LogP contribution in [-0.2, 0) is 9.47 Å². The second-order valence-electron chi connectivity index (χ2n) is 3.06. The first kappa shape index (κ1) is 12.6. The van der Waals surface area contributed by atoms with E-state index in [2.05, 4.69) is 4.74 Å². The van der Waals surface area contributed by atoms with Crippen molar-refractivity contribution in [2.75, 3.05) is 6.61 Å². The van der Waals surface area contributed by atoms with Crippen molar-refractivity contribution in [2.24, 2.45) is 0 Å². The lowest BCUT2D eigenvalue weighted by Crippen LogP contribution is -2.05. The highest BCUT2D eigenvalue weighted by Gasteiger charge is 2.04. The molecule has 0 unspecified atom stereocenters. The van der Waals surface area contributed by atoms with E-state index in [1.54, 1.807) is 26.0 Å². The molecular weight excluding hydrogens is 228 g/mol. The highest BCUT2D eigenvalue weighted by atomic mass is 35.5. The van der Waals surface area contributed by atoms with Gasteiger partial charge in [-0.3, -0.25) is 0 Å². The molecule has 0 amide bonds. The van der Waals surface area contributed by atoms with E-state index in [1.165, 1.54) is 0 Å². The summed E-state index contributed by atoms with van der Waals surface area (Å²) in [5.41, 5.74) is 0.797. The summed E-state index contributed by atoms with van der Waals surface area (Å²) < 4.78 is 9.54. The number of carbonyl (C=O) groups is 1. The summed E-state index contributed by atoms with van der Waals surface area (Å²) in [6.07, 6.45) is 0.975. The van der Waals surface area contributed by atoms with Crippen molar-refractivity contribution in [3.05, 3.63) is 40.6 Å². The van der Waals surface area contributed by atoms with Gasteiger partial charge < -0.3 is 9.47 Å². The predicted molar refractivity (Wildman–Crippen MR) is 63.2 cm³/mol. The lowest BCUT2D eigenvalue weighted by atomic mass is 10.2. The Morgan fingerprint density at radius 1 is 1.44 bits per heavy atom. The number of rotatable bonds is 3. The topological polar surface area (TPSA) is 35.5 Å². The molecule has 1 aromatic carbocycles. The molecule has 0 spiro atoms. The maximum atomic E-state index is 11.0. The molecule has 0 heterocycles. The summed E-state index contributed by atoms with van der Waals surface area (Å²) in [6, 6.07) is 7.29. The first-order valence-corrected chi connectivity index (χ1v) is 5.28. The van der Waals surface area contributed by atoms with Gasteiger partial charge in [0.05, 0.1) is 6.61 Å². The molecule has 0 saturated carbocycles.